The smallest absolute Gasteiger partial charge is 0.323 e. The number of hydrogen-bond donors (Lipinski definition) is 1. The molecule has 1 aliphatic carbocycles. The van der Waals surface area contributed by atoms with Crippen LogP contribution >= 0.6 is 0 Å². The Hall–Kier alpha value is -2.70. The van der Waals surface area contributed by atoms with Crippen molar-refractivity contribution >= 4 is 11.9 Å². The number of rotatable bonds is 6. The Kier molecular flexibility index (Phi) is 4.83. The number of carboxylic acids is 1. The highest BCUT2D eigenvalue weighted by molar-refractivity contribution is 5.96. The molecular formula is C18H20FN3O3. The number of carbonyl (C=O) groups is 2. The van der Waals surface area contributed by atoms with Crippen LogP contribution in [0.3, 0.4) is 0 Å². The number of carboxylic acid groups (broad SMARTS) is 1. The summed E-state index contributed by atoms with van der Waals surface area (Å²) < 4.78 is 15.7. The second-order valence-electron chi connectivity index (χ2n) is 6.11. The van der Waals surface area contributed by atoms with Crippen LogP contribution in [0.2, 0.25) is 0 Å². The third-order valence-electron chi connectivity index (χ3n) is 4.32. The summed E-state index contributed by atoms with van der Waals surface area (Å²) in [5.41, 5.74) is 2.19. The van der Waals surface area contributed by atoms with Gasteiger partial charge in [0.1, 0.15) is 18.0 Å². The van der Waals surface area contributed by atoms with Gasteiger partial charge in [-0.05, 0) is 37.8 Å². The number of para-hydroxylation sites is 1. The molecule has 1 N–H and O–H groups in total. The van der Waals surface area contributed by atoms with E-state index in [1.54, 1.807) is 18.2 Å². The minimum Gasteiger partial charge on any atom is -0.480 e. The first kappa shape index (κ1) is 17.1. The van der Waals surface area contributed by atoms with Gasteiger partial charge in [-0.1, -0.05) is 19.1 Å². The van der Waals surface area contributed by atoms with Crippen LogP contribution < -0.4 is 0 Å². The number of fused-ring (bicyclic) bond motifs is 1. The monoisotopic (exact) mass is 345 g/mol. The van der Waals surface area contributed by atoms with Gasteiger partial charge in [0.15, 0.2) is 5.69 Å². The zero-order valence-electron chi connectivity index (χ0n) is 14.0. The summed E-state index contributed by atoms with van der Waals surface area (Å²) in [6, 6.07) is 6.30. The predicted octanol–water partition coefficient (Wildman–Crippen LogP) is 2.44. The van der Waals surface area contributed by atoms with Crippen LogP contribution in [0, 0.1) is 5.82 Å². The van der Waals surface area contributed by atoms with Crippen molar-refractivity contribution in [1.29, 1.82) is 0 Å². The van der Waals surface area contributed by atoms with E-state index in [2.05, 4.69) is 5.10 Å². The Labute approximate surface area is 144 Å². The first-order valence-corrected chi connectivity index (χ1v) is 8.39. The van der Waals surface area contributed by atoms with Crippen LogP contribution in [0.4, 0.5) is 4.39 Å². The van der Waals surface area contributed by atoms with Crippen molar-refractivity contribution in [2.45, 2.75) is 32.6 Å². The van der Waals surface area contributed by atoms with Gasteiger partial charge < -0.3 is 10.0 Å². The zero-order chi connectivity index (χ0) is 18.0. The Bertz CT molecular complexity index is 816. The normalized spacial score (nSPS) is 12.9. The summed E-state index contributed by atoms with van der Waals surface area (Å²) in [5.74, 6) is -1.88. The third kappa shape index (κ3) is 3.26. The van der Waals surface area contributed by atoms with Gasteiger partial charge in [0.2, 0.25) is 0 Å². The van der Waals surface area contributed by atoms with E-state index in [1.807, 2.05) is 6.92 Å². The van der Waals surface area contributed by atoms with Crippen molar-refractivity contribution in [1.82, 2.24) is 14.7 Å². The number of amides is 1. The van der Waals surface area contributed by atoms with Gasteiger partial charge in [0, 0.05) is 17.8 Å². The fourth-order valence-corrected chi connectivity index (χ4v) is 3.27. The molecular weight excluding hydrogens is 325 g/mol. The summed E-state index contributed by atoms with van der Waals surface area (Å²) >= 11 is 0. The highest BCUT2D eigenvalue weighted by Gasteiger charge is 2.30. The molecule has 1 heterocycles. The second kappa shape index (κ2) is 7.04. The van der Waals surface area contributed by atoms with Gasteiger partial charge in [0.05, 0.1) is 0 Å². The molecule has 132 valence electrons. The first-order valence-electron chi connectivity index (χ1n) is 8.39. The van der Waals surface area contributed by atoms with Gasteiger partial charge in [-0.15, -0.1) is 0 Å². The standard InChI is InChI=1S/C18H20FN3O3/c1-2-10-21(11-16(23)24)18(25)17-12-6-5-9-14(12)22(20-17)15-8-4-3-7-13(15)19/h3-4,7-8H,2,5-6,9-11H2,1H3,(H,23,24). The maximum atomic E-state index is 14.2. The molecule has 7 heteroatoms. The van der Waals surface area contributed by atoms with E-state index in [-0.39, 0.29) is 12.2 Å². The molecule has 0 spiro atoms. The SMILES string of the molecule is CCCN(CC(=O)O)C(=O)c1nn(-c2ccccc2F)c2c1CCC2. The summed E-state index contributed by atoms with van der Waals surface area (Å²) in [6.07, 6.45) is 2.93. The Balaban J connectivity index is 2.03. The molecule has 0 atom stereocenters. The number of nitrogens with zero attached hydrogens (tertiary/aromatic N) is 3. The molecule has 1 aliphatic rings. The number of hydrogen-bond acceptors (Lipinski definition) is 3. The maximum Gasteiger partial charge on any atom is 0.323 e. The molecule has 3 rings (SSSR count). The quantitative estimate of drug-likeness (QED) is 0.872. The van der Waals surface area contributed by atoms with E-state index >= 15 is 0 Å². The molecule has 1 aromatic carbocycles. The van der Waals surface area contributed by atoms with Gasteiger partial charge in [0.25, 0.3) is 5.91 Å². The van der Waals surface area contributed by atoms with Crippen molar-refractivity contribution in [2.24, 2.45) is 0 Å². The van der Waals surface area contributed by atoms with E-state index in [9.17, 15) is 14.0 Å². The maximum absolute atomic E-state index is 14.2. The highest BCUT2D eigenvalue weighted by atomic mass is 19.1. The molecule has 0 fully saturated rings. The van der Waals surface area contributed by atoms with Crippen LogP contribution in [0.1, 0.15) is 41.5 Å². The number of halogens is 1. The predicted molar refractivity (Wildman–Crippen MR) is 89.4 cm³/mol. The molecule has 1 amide bonds. The first-order chi connectivity index (χ1) is 12.0. The lowest BCUT2D eigenvalue weighted by Gasteiger charge is -2.19. The zero-order valence-corrected chi connectivity index (χ0v) is 14.0. The fourth-order valence-electron chi connectivity index (χ4n) is 3.27. The molecule has 0 radical (unpaired) electrons. The fraction of sp³-hybridized carbons (Fsp3) is 0.389. The average molecular weight is 345 g/mol. The van der Waals surface area contributed by atoms with Gasteiger partial charge in [-0.3, -0.25) is 9.59 Å². The van der Waals surface area contributed by atoms with E-state index < -0.39 is 17.7 Å². The molecule has 6 nitrogen and oxygen atoms in total. The van der Waals surface area contributed by atoms with Crippen LogP contribution in [0.5, 0.6) is 0 Å². The Morgan fingerprint density at radius 2 is 2.08 bits per heavy atom. The van der Waals surface area contributed by atoms with E-state index in [1.165, 1.54) is 15.6 Å². The molecule has 1 aromatic heterocycles. The number of carbonyl (C=O) groups excluding carboxylic acids is 1. The Morgan fingerprint density at radius 1 is 1.32 bits per heavy atom. The number of aromatic nitrogens is 2. The van der Waals surface area contributed by atoms with Crippen molar-refractivity contribution in [3.8, 4) is 5.69 Å². The van der Waals surface area contributed by atoms with E-state index in [0.717, 1.165) is 24.1 Å². The van der Waals surface area contributed by atoms with Crippen LogP contribution in [0.15, 0.2) is 24.3 Å². The summed E-state index contributed by atoms with van der Waals surface area (Å²) in [7, 11) is 0. The van der Waals surface area contributed by atoms with Crippen molar-refractivity contribution in [3.63, 3.8) is 0 Å². The molecule has 25 heavy (non-hydrogen) atoms. The van der Waals surface area contributed by atoms with Crippen LogP contribution in [-0.4, -0.2) is 44.8 Å². The van der Waals surface area contributed by atoms with Crippen LogP contribution in [0.25, 0.3) is 5.69 Å². The lowest BCUT2D eigenvalue weighted by Crippen LogP contribution is -2.37. The van der Waals surface area contributed by atoms with E-state index in [0.29, 0.717) is 25.1 Å². The lowest BCUT2D eigenvalue weighted by molar-refractivity contribution is -0.137. The summed E-state index contributed by atoms with van der Waals surface area (Å²) in [4.78, 5) is 25.2. The van der Waals surface area contributed by atoms with Gasteiger partial charge in [-0.2, -0.15) is 5.10 Å². The molecule has 0 saturated carbocycles. The largest absolute Gasteiger partial charge is 0.480 e. The highest BCUT2D eigenvalue weighted by Crippen LogP contribution is 2.29. The molecule has 0 saturated heterocycles. The summed E-state index contributed by atoms with van der Waals surface area (Å²) in [5, 5.41) is 13.4. The third-order valence-corrected chi connectivity index (χ3v) is 4.32. The minimum absolute atomic E-state index is 0.241. The number of benzene rings is 1. The minimum atomic E-state index is -1.06. The summed E-state index contributed by atoms with van der Waals surface area (Å²) in [6.45, 7) is 1.85. The van der Waals surface area contributed by atoms with Crippen molar-refractivity contribution in [3.05, 3.63) is 47.0 Å². The van der Waals surface area contributed by atoms with E-state index in [4.69, 9.17) is 5.11 Å². The van der Waals surface area contributed by atoms with Crippen molar-refractivity contribution in [2.75, 3.05) is 13.1 Å². The topological polar surface area (TPSA) is 75.4 Å². The van der Waals surface area contributed by atoms with Crippen molar-refractivity contribution < 1.29 is 19.1 Å². The number of aliphatic carboxylic acids is 1. The molecule has 2 aromatic rings. The Morgan fingerprint density at radius 3 is 2.76 bits per heavy atom. The second-order valence-corrected chi connectivity index (χ2v) is 6.11. The average Bonchev–Trinajstić information content (AvgIpc) is 3.16. The molecule has 0 bridgehead atoms. The van der Waals surface area contributed by atoms with Gasteiger partial charge >= 0.3 is 5.97 Å². The van der Waals surface area contributed by atoms with Gasteiger partial charge in [-0.25, -0.2) is 9.07 Å². The van der Waals surface area contributed by atoms with Crippen LogP contribution in [-0.2, 0) is 17.6 Å². The molecule has 0 unspecified atom stereocenters. The molecule has 0 aliphatic heterocycles. The lowest BCUT2D eigenvalue weighted by atomic mass is 10.1.